The van der Waals surface area contributed by atoms with E-state index in [1.165, 1.54) is 24.1 Å². The minimum Gasteiger partial charge on any atom is -0.478 e. The second kappa shape index (κ2) is 6.60. The number of hydrogen-bond donors (Lipinski definition) is 3. The Balaban J connectivity index is 3.06. The molecule has 2 amide bonds. The zero-order valence-electron chi connectivity index (χ0n) is 9.98. The number of halogens is 2. The number of likely N-dealkylation sites (N-methyl/N-ethyl adjacent to an activating group) is 1. The number of amides is 2. The molecule has 1 aromatic carbocycles. The van der Waals surface area contributed by atoms with Crippen LogP contribution in [0.1, 0.15) is 10.4 Å². The monoisotopic (exact) mass is 306 g/mol. The van der Waals surface area contributed by atoms with Gasteiger partial charge in [-0.05, 0) is 12.1 Å². The SMILES string of the molecule is CN(CCO)C(=O)Nc1c(Cl)cc(Cl)cc1C(=O)O. The van der Waals surface area contributed by atoms with E-state index in [0.29, 0.717) is 0 Å². The number of hydrogen-bond acceptors (Lipinski definition) is 3. The highest BCUT2D eigenvalue weighted by Gasteiger charge is 2.18. The number of aliphatic hydroxyl groups is 1. The number of anilines is 1. The van der Waals surface area contributed by atoms with Gasteiger partial charge in [-0.3, -0.25) is 0 Å². The third-order valence-corrected chi connectivity index (χ3v) is 2.82. The van der Waals surface area contributed by atoms with E-state index >= 15 is 0 Å². The first-order chi connectivity index (χ1) is 8.86. The fraction of sp³-hybridized carbons (Fsp3) is 0.273. The Morgan fingerprint density at radius 1 is 1.37 bits per heavy atom. The van der Waals surface area contributed by atoms with Crippen LogP contribution in [0.15, 0.2) is 12.1 Å². The van der Waals surface area contributed by atoms with E-state index in [2.05, 4.69) is 5.32 Å². The minimum atomic E-state index is -1.26. The topological polar surface area (TPSA) is 89.9 Å². The van der Waals surface area contributed by atoms with Crippen LogP contribution < -0.4 is 5.32 Å². The maximum Gasteiger partial charge on any atom is 0.337 e. The number of carboxylic acid groups (broad SMARTS) is 1. The van der Waals surface area contributed by atoms with E-state index in [0.717, 1.165) is 0 Å². The standard InChI is InChI=1S/C11H12Cl2N2O4/c1-15(2-3-16)11(19)14-9-7(10(17)18)4-6(12)5-8(9)13/h4-5,16H,2-3H2,1H3,(H,14,19)(H,17,18). The first-order valence-corrected chi connectivity index (χ1v) is 5.97. The van der Waals surface area contributed by atoms with Crippen LogP contribution in [0.2, 0.25) is 10.0 Å². The molecule has 8 heteroatoms. The smallest absolute Gasteiger partial charge is 0.337 e. The molecule has 0 atom stereocenters. The van der Waals surface area contributed by atoms with Gasteiger partial charge in [0, 0.05) is 18.6 Å². The fourth-order valence-electron chi connectivity index (χ4n) is 1.32. The molecule has 1 rings (SSSR count). The number of aromatic carboxylic acids is 1. The largest absolute Gasteiger partial charge is 0.478 e. The number of nitrogens with zero attached hydrogens (tertiary/aromatic N) is 1. The summed E-state index contributed by atoms with van der Waals surface area (Å²) in [4.78, 5) is 24.0. The van der Waals surface area contributed by atoms with E-state index in [1.54, 1.807) is 0 Å². The van der Waals surface area contributed by atoms with E-state index in [4.69, 9.17) is 33.4 Å². The summed E-state index contributed by atoms with van der Waals surface area (Å²) in [6, 6.07) is 1.94. The van der Waals surface area contributed by atoms with Gasteiger partial charge in [0.25, 0.3) is 0 Å². The Morgan fingerprint density at radius 2 is 2.00 bits per heavy atom. The Labute approximate surface area is 119 Å². The van der Waals surface area contributed by atoms with Crippen molar-refractivity contribution in [3.63, 3.8) is 0 Å². The lowest BCUT2D eigenvalue weighted by atomic mass is 10.2. The summed E-state index contributed by atoms with van der Waals surface area (Å²) in [6.45, 7) is -0.0937. The lowest BCUT2D eigenvalue weighted by Gasteiger charge is -2.18. The maximum absolute atomic E-state index is 11.7. The van der Waals surface area contributed by atoms with E-state index < -0.39 is 12.0 Å². The highest BCUT2D eigenvalue weighted by molar-refractivity contribution is 6.37. The molecule has 0 saturated carbocycles. The second-order valence-electron chi connectivity index (χ2n) is 3.69. The molecule has 0 aromatic heterocycles. The fourth-order valence-corrected chi connectivity index (χ4v) is 1.86. The second-order valence-corrected chi connectivity index (χ2v) is 4.53. The normalized spacial score (nSPS) is 10.1. The van der Waals surface area contributed by atoms with Crippen LogP contribution in [0.3, 0.4) is 0 Å². The molecule has 0 aliphatic carbocycles. The summed E-state index contributed by atoms with van der Waals surface area (Å²) in [5.74, 6) is -1.26. The number of carboxylic acids is 1. The predicted molar refractivity (Wildman–Crippen MR) is 72.2 cm³/mol. The number of aliphatic hydroxyl groups excluding tert-OH is 1. The quantitative estimate of drug-likeness (QED) is 0.795. The van der Waals surface area contributed by atoms with Crippen molar-refractivity contribution in [2.24, 2.45) is 0 Å². The van der Waals surface area contributed by atoms with E-state index in [9.17, 15) is 9.59 Å². The highest BCUT2D eigenvalue weighted by Crippen LogP contribution is 2.30. The van der Waals surface area contributed by atoms with Crippen LogP contribution in [-0.4, -0.2) is 47.3 Å². The van der Waals surface area contributed by atoms with E-state index in [1.807, 2.05) is 0 Å². The molecular formula is C11H12Cl2N2O4. The van der Waals surface area contributed by atoms with Crippen molar-refractivity contribution >= 4 is 40.9 Å². The highest BCUT2D eigenvalue weighted by atomic mass is 35.5. The van der Waals surface area contributed by atoms with Gasteiger partial charge >= 0.3 is 12.0 Å². The van der Waals surface area contributed by atoms with Gasteiger partial charge in [0.2, 0.25) is 0 Å². The molecule has 1 aromatic rings. The summed E-state index contributed by atoms with van der Waals surface area (Å²) in [6.07, 6.45) is 0. The molecule has 0 saturated heterocycles. The number of rotatable bonds is 4. The van der Waals surface area contributed by atoms with Gasteiger partial charge in [0.1, 0.15) is 0 Å². The molecule has 0 heterocycles. The van der Waals surface area contributed by atoms with Gasteiger partial charge in [-0.15, -0.1) is 0 Å². The lowest BCUT2D eigenvalue weighted by Crippen LogP contribution is -2.34. The number of carbonyl (C=O) groups is 2. The van der Waals surface area contributed by atoms with Gasteiger partial charge in [0.05, 0.1) is 22.9 Å². The molecule has 6 nitrogen and oxygen atoms in total. The first-order valence-electron chi connectivity index (χ1n) is 5.22. The van der Waals surface area contributed by atoms with Gasteiger partial charge in [-0.2, -0.15) is 0 Å². The minimum absolute atomic E-state index is 0.0237. The molecule has 19 heavy (non-hydrogen) atoms. The van der Waals surface area contributed by atoms with Gasteiger partial charge in [0.15, 0.2) is 0 Å². The van der Waals surface area contributed by atoms with Gasteiger partial charge in [-0.25, -0.2) is 9.59 Å². The summed E-state index contributed by atoms with van der Waals surface area (Å²) >= 11 is 11.6. The molecular weight excluding hydrogens is 295 g/mol. The van der Waals surface area contributed by atoms with Gasteiger partial charge in [-0.1, -0.05) is 23.2 Å². The average molecular weight is 307 g/mol. The van der Waals surface area contributed by atoms with Crippen molar-refractivity contribution in [1.82, 2.24) is 4.90 Å². The van der Waals surface area contributed by atoms with Crippen LogP contribution in [-0.2, 0) is 0 Å². The molecule has 0 fully saturated rings. The van der Waals surface area contributed by atoms with E-state index in [-0.39, 0.29) is 34.4 Å². The molecule has 0 aliphatic rings. The van der Waals surface area contributed by atoms with Gasteiger partial charge < -0.3 is 20.4 Å². The molecule has 0 bridgehead atoms. The third-order valence-electron chi connectivity index (χ3n) is 2.30. The van der Waals surface area contributed by atoms with Crippen LogP contribution in [0.4, 0.5) is 10.5 Å². The zero-order valence-corrected chi connectivity index (χ0v) is 11.5. The maximum atomic E-state index is 11.7. The molecule has 0 unspecified atom stereocenters. The Kier molecular flexibility index (Phi) is 5.41. The van der Waals surface area contributed by atoms with Crippen LogP contribution in [0.25, 0.3) is 0 Å². The third kappa shape index (κ3) is 3.99. The summed E-state index contributed by atoms with van der Waals surface area (Å²) in [7, 11) is 1.45. The van der Waals surface area contributed by atoms with Crippen molar-refractivity contribution in [2.45, 2.75) is 0 Å². The van der Waals surface area contributed by atoms with Crippen molar-refractivity contribution < 1.29 is 19.8 Å². The lowest BCUT2D eigenvalue weighted by molar-refractivity contribution is 0.0698. The first kappa shape index (κ1) is 15.6. The van der Waals surface area contributed by atoms with Crippen LogP contribution >= 0.6 is 23.2 Å². The van der Waals surface area contributed by atoms with Crippen molar-refractivity contribution in [1.29, 1.82) is 0 Å². The number of carbonyl (C=O) groups excluding carboxylic acids is 1. The van der Waals surface area contributed by atoms with Crippen LogP contribution in [0.5, 0.6) is 0 Å². The number of benzene rings is 1. The number of urea groups is 1. The number of nitrogens with one attached hydrogen (secondary N) is 1. The molecule has 3 N–H and O–H groups in total. The Bertz CT molecular complexity index is 508. The average Bonchev–Trinajstić information content (AvgIpc) is 2.32. The predicted octanol–water partition coefficient (Wildman–Crippen LogP) is 2.15. The van der Waals surface area contributed by atoms with Crippen molar-refractivity contribution in [2.75, 3.05) is 25.5 Å². The molecule has 0 aliphatic heterocycles. The summed E-state index contributed by atoms with van der Waals surface area (Å²) < 4.78 is 0. The van der Waals surface area contributed by atoms with Crippen molar-refractivity contribution in [3.05, 3.63) is 27.7 Å². The summed E-state index contributed by atoms with van der Waals surface area (Å²) in [5, 5.41) is 20.3. The summed E-state index contributed by atoms with van der Waals surface area (Å²) in [5.41, 5.74) is -0.239. The molecule has 104 valence electrons. The van der Waals surface area contributed by atoms with Crippen LogP contribution in [0, 0.1) is 0 Å². The molecule has 0 radical (unpaired) electrons. The Morgan fingerprint density at radius 3 is 2.53 bits per heavy atom. The zero-order chi connectivity index (χ0) is 14.6. The van der Waals surface area contributed by atoms with Crippen molar-refractivity contribution in [3.8, 4) is 0 Å². The Hall–Kier alpha value is -1.50. The molecule has 0 spiro atoms.